The first kappa shape index (κ1) is 22.5. The molecule has 0 spiro atoms. The fourth-order valence-corrected chi connectivity index (χ4v) is 4.04. The second kappa shape index (κ2) is 9.45. The molecule has 168 valence electrons. The molecule has 0 atom stereocenters. The summed E-state index contributed by atoms with van der Waals surface area (Å²) < 4.78 is 22.9. The van der Waals surface area contributed by atoms with Gasteiger partial charge in [0.05, 0.1) is 46.6 Å². The summed E-state index contributed by atoms with van der Waals surface area (Å²) in [7, 11) is 1.50. The Hall–Kier alpha value is -2.67. The van der Waals surface area contributed by atoms with E-state index < -0.39 is 0 Å². The first-order valence-corrected chi connectivity index (χ1v) is 10.9. The van der Waals surface area contributed by atoms with Crippen molar-refractivity contribution in [1.82, 2.24) is 0 Å². The highest BCUT2D eigenvalue weighted by Gasteiger charge is 2.31. The summed E-state index contributed by atoms with van der Waals surface area (Å²) >= 11 is 12.6. The van der Waals surface area contributed by atoms with Crippen LogP contribution in [0.2, 0.25) is 10.0 Å². The normalized spacial score (nSPS) is 17.7. The SMILES string of the molecule is C=C(O)C1CC(OCCOc2cc(-c3cc(=O)c4cccc(Cl)c4o3)c(OC)cc2Cl)C1. The van der Waals surface area contributed by atoms with Crippen molar-refractivity contribution in [2.24, 2.45) is 5.92 Å². The minimum absolute atomic E-state index is 0.0889. The van der Waals surface area contributed by atoms with Crippen molar-refractivity contribution in [2.75, 3.05) is 20.3 Å². The molecule has 0 radical (unpaired) electrons. The van der Waals surface area contributed by atoms with E-state index in [9.17, 15) is 9.90 Å². The topological polar surface area (TPSA) is 78.1 Å². The molecule has 8 heteroatoms. The highest BCUT2D eigenvalue weighted by atomic mass is 35.5. The Morgan fingerprint density at radius 2 is 1.94 bits per heavy atom. The molecule has 2 aromatic carbocycles. The molecule has 1 heterocycles. The van der Waals surface area contributed by atoms with Gasteiger partial charge in [-0.05, 0) is 31.0 Å². The Morgan fingerprint density at radius 1 is 1.16 bits per heavy atom. The van der Waals surface area contributed by atoms with Crippen molar-refractivity contribution >= 4 is 34.2 Å². The zero-order valence-electron chi connectivity index (χ0n) is 17.4. The second-order valence-corrected chi connectivity index (χ2v) is 8.39. The fourth-order valence-electron chi connectivity index (χ4n) is 3.62. The lowest BCUT2D eigenvalue weighted by molar-refractivity contribution is -0.0388. The predicted octanol–water partition coefficient (Wildman–Crippen LogP) is 6.02. The average Bonchev–Trinajstić information content (AvgIpc) is 2.73. The van der Waals surface area contributed by atoms with E-state index in [0.29, 0.717) is 44.7 Å². The number of rotatable bonds is 8. The van der Waals surface area contributed by atoms with Crippen LogP contribution in [-0.4, -0.2) is 31.5 Å². The Labute approximate surface area is 194 Å². The molecular formula is C24H22Cl2O6. The molecule has 0 amide bonds. The Morgan fingerprint density at radius 3 is 2.66 bits per heavy atom. The second-order valence-electron chi connectivity index (χ2n) is 7.58. The third-order valence-electron chi connectivity index (χ3n) is 5.49. The fraction of sp³-hybridized carbons (Fsp3) is 0.292. The van der Waals surface area contributed by atoms with Gasteiger partial charge in [0.15, 0.2) is 11.0 Å². The summed E-state index contributed by atoms with van der Waals surface area (Å²) in [4.78, 5) is 12.6. The van der Waals surface area contributed by atoms with Crippen molar-refractivity contribution in [1.29, 1.82) is 0 Å². The van der Waals surface area contributed by atoms with Gasteiger partial charge in [0.1, 0.15) is 23.9 Å². The molecule has 32 heavy (non-hydrogen) atoms. The van der Waals surface area contributed by atoms with E-state index in [1.807, 2.05) is 0 Å². The van der Waals surface area contributed by atoms with Gasteiger partial charge < -0.3 is 23.7 Å². The number of ether oxygens (including phenoxy) is 3. The zero-order chi connectivity index (χ0) is 22.8. The summed E-state index contributed by atoms with van der Waals surface area (Å²) in [6, 6.07) is 9.67. The third-order valence-corrected chi connectivity index (χ3v) is 6.08. The van der Waals surface area contributed by atoms with Gasteiger partial charge in [0, 0.05) is 18.1 Å². The zero-order valence-corrected chi connectivity index (χ0v) is 18.9. The van der Waals surface area contributed by atoms with Crippen LogP contribution in [0.3, 0.4) is 0 Å². The first-order chi connectivity index (χ1) is 15.4. The molecule has 1 aliphatic carbocycles. The predicted molar refractivity (Wildman–Crippen MR) is 124 cm³/mol. The molecule has 0 bridgehead atoms. The summed E-state index contributed by atoms with van der Waals surface area (Å²) in [5.41, 5.74) is 0.588. The van der Waals surface area contributed by atoms with E-state index in [2.05, 4.69) is 6.58 Å². The molecule has 0 aliphatic heterocycles. The molecule has 0 saturated heterocycles. The van der Waals surface area contributed by atoms with Gasteiger partial charge in [-0.3, -0.25) is 4.79 Å². The summed E-state index contributed by atoms with van der Waals surface area (Å²) in [5, 5.41) is 10.4. The number of hydrogen-bond donors (Lipinski definition) is 1. The average molecular weight is 477 g/mol. The Bertz CT molecular complexity index is 1210. The van der Waals surface area contributed by atoms with Gasteiger partial charge in [-0.2, -0.15) is 0 Å². The number of hydrogen-bond acceptors (Lipinski definition) is 6. The van der Waals surface area contributed by atoms with Crippen LogP contribution >= 0.6 is 23.2 Å². The molecule has 1 fully saturated rings. The Kier molecular flexibility index (Phi) is 6.65. The van der Waals surface area contributed by atoms with Crippen LogP contribution < -0.4 is 14.9 Å². The lowest BCUT2D eigenvalue weighted by Crippen LogP contribution is -2.33. The highest BCUT2D eigenvalue weighted by Crippen LogP contribution is 2.39. The number of allylic oxidation sites excluding steroid dienone is 1. The van der Waals surface area contributed by atoms with Gasteiger partial charge in [0.2, 0.25) is 0 Å². The standard InChI is InChI=1S/C24H22Cl2O6/c1-13(27)14-8-15(9-14)30-6-7-31-23-10-17(21(29-2)11-19(23)26)22-12-20(28)16-4-3-5-18(25)24(16)32-22/h3-5,10-12,14-15,27H,1,6-9H2,2H3. The maximum atomic E-state index is 12.6. The van der Waals surface area contributed by atoms with Crippen LogP contribution in [0.1, 0.15) is 12.8 Å². The van der Waals surface area contributed by atoms with E-state index in [1.165, 1.54) is 13.2 Å². The minimum atomic E-state index is -0.221. The number of methoxy groups -OCH3 is 1. The van der Waals surface area contributed by atoms with Crippen LogP contribution in [-0.2, 0) is 4.74 Å². The summed E-state index contributed by atoms with van der Waals surface area (Å²) in [6.07, 6.45) is 1.60. The van der Waals surface area contributed by atoms with E-state index >= 15 is 0 Å². The van der Waals surface area contributed by atoms with Crippen molar-refractivity contribution in [2.45, 2.75) is 18.9 Å². The number of halogens is 2. The Balaban J connectivity index is 1.53. The molecule has 1 aliphatic rings. The van der Waals surface area contributed by atoms with Gasteiger partial charge in [-0.15, -0.1) is 0 Å². The van der Waals surface area contributed by atoms with Gasteiger partial charge >= 0.3 is 0 Å². The lowest BCUT2D eigenvalue weighted by Gasteiger charge is -2.34. The van der Waals surface area contributed by atoms with Gasteiger partial charge in [-0.1, -0.05) is 35.8 Å². The number of benzene rings is 2. The van der Waals surface area contributed by atoms with Crippen LogP contribution in [0.5, 0.6) is 11.5 Å². The number of para-hydroxylation sites is 1. The maximum Gasteiger partial charge on any atom is 0.193 e. The van der Waals surface area contributed by atoms with Crippen molar-refractivity contribution in [3.05, 3.63) is 69.0 Å². The van der Waals surface area contributed by atoms with E-state index in [0.717, 1.165) is 12.8 Å². The van der Waals surface area contributed by atoms with Gasteiger partial charge in [0.25, 0.3) is 0 Å². The van der Waals surface area contributed by atoms with Gasteiger partial charge in [-0.25, -0.2) is 0 Å². The smallest absolute Gasteiger partial charge is 0.193 e. The maximum absolute atomic E-state index is 12.6. The number of aliphatic hydroxyl groups is 1. The molecule has 4 rings (SSSR count). The number of aliphatic hydroxyl groups excluding tert-OH is 1. The quantitative estimate of drug-likeness (QED) is 0.316. The third kappa shape index (κ3) is 4.58. The molecule has 1 saturated carbocycles. The van der Waals surface area contributed by atoms with Crippen molar-refractivity contribution in [3.8, 4) is 22.8 Å². The largest absolute Gasteiger partial charge is 0.513 e. The van der Waals surface area contributed by atoms with Crippen molar-refractivity contribution < 1.29 is 23.7 Å². The highest BCUT2D eigenvalue weighted by molar-refractivity contribution is 6.34. The molecule has 6 nitrogen and oxygen atoms in total. The summed E-state index contributed by atoms with van der Waals surface area (Å²) in [5.74, 6) is 1.45. The van der Waals surface area contributed by atoms with Crippen LogP contribution in [0.25, 0.3) is 22.3 Å². The first-order valence-electron chi connectivity index (χ1n) is 10.1. The number of fused-ring (bicyclic) bond motifs is 1. The monoisotopic (exact) mass is 476 g/mol. The van der Waals surface area contributed by atoms with Crippen LogP contribution in [0.15, 0.2) is 57.9 Å². The summed E-state index contributed by atoms with van der Waals surface area (Å²) in [6.45, 7) is 4.19. The molecule has 1 aromatic heterocycles. The minimum Gasteiger partial charge on any atom is -0.513 e. The van der Waals surface area contributed by atoms with Crippen LogP contribution in [0, 0.1) is 5.92 Å². The van der Waals surface area contributed by atoms with E-state index in [4.69, 9.17) is 41.8 Å². The van der Waals surface area contributed by atoms with Crippen LogP contribution in [0.4, 0.5) is 0 Å². The van der Waals surface area contributed by atoms with E-state index in [1.54, 1.807) is 30.3 Å². The molecule has 1 N–H and O–H groups in total. The molecular weight excluding hydrogens is 455 g/mol. The van der Waals surface area contributed by atoms with Crippen molar-refractivity contribution in [3.63, 3.8) is 0 Å². The molecule has 0 unspecified atom stereocenters. The van der Waals surface area contributed by atoms with E-state index in [-0.39, 0.29) is 35.6 Å². The molecule has 3 aromatic rings. The lowest BCUT2D eigenvalue weighted by atomic mass is 9.81.